The van der Waals surface area contributed by atoms with Crippen LogP contribution < -0.4 is 0 Å². The lowest BCUT2D eigenvalue weighted by molar-refractivity contribution is -0.121. The first-order valence-electron chi connectivity index (χ1n) is 6.64. The topological polar surface area (TPSA) is 66.8 Å². The Hall–Kier alpha value is -0.560. The number of hydrogen-bond acceptors (Lipinski definition) is 4. The zero-order chi connectivity index (χ0) is 14.2. The van der Waals surface area contributed by atoms with E-state index in [1.165, 1.54) is 11.8 Å². The second-order valence-corrected chi connectivity index (χ2v) is 8.49. The monoisotopic (exact) mass is 304 g/mol. The number of hydrogen-bond donors (Lipinski definition) is 0. The molecule has 0 aromatic carbocycles. The van der Waals surface area contributed by atoms with E-state index in [1.807, 2.05) is 25.7 Å². The number of amides is 1. The first-order valence-corrected chi connectivity index (χ1v) is 9.34. The van der Waals surface area contributed by atoms with Crippen molar-refractivity contribution in [1.82, 2.24) is 4.90 Å². The van der Waals surface area contributed by atoms with E-state index in [0.29, 0.717) is 11.7 Å². The van der Waals surface area contributed by atoms with E-state index in [4.69, 9.17) is 0 Å². The van der Waals surface area contributed by atoms with E-state index >= 15 is 0 Å². The van der Waals surface area contributed by atoms with E-state index in [-0.39, 0.29) is 34.6 Å². The van der Waals surface area contributed by atoms with Gasteiger partial charge in [0.1, 0.15) is 0 Å². The Morgan fingerprint density at radius 1 is 1.47 bits per heavy atom. The van der Waals surface area contributed by atoms with Crippen LogP contribution in [0.4, 0.5) is 0 Å². The molecule has 0 aromatic heterocycles. The minimum Gasteiger partial charge on any atom is -0.346 e. The third kappa shape index (κ3) is 2.97. The molecular weight excluding hydrogens is 284 g/mol. The maximum Gasteiger partial charge on any atom is 0.250 e. The molecule has 2 aliphatic heterocycles. The van der Waals surface area contributed by atoms with E-state index in [9.17, 15) is 13.2 Å². The molecule has 0 radical (unpaired) electrons. The number of carbonyl (C=O) groups excluding carboxylic acids is 1. The molecule has 0 aliphatic carbocycles. The Morgan fingerprint density at radius 2 is 2.16 bits per heavy atom. The SMILES string of the molecule is CC[C@@H](C)C(=O)N=C1S[C@H]2CS(=O)(=O)C[C@H]2N1CC. The van der Waals surface area contributed by atoms with Crippen molar-refractivity contribution in [3.05, 3.63) is 0 Å². The van der Waals surface area contributed by atoms with Crippen LogP contribution in [0.25, 0.3) is 0 Å². The van der Waals surface area contributed by atoms with Crippen molar-refractivity contribution in [2.45, 2.75) is 38.5 Å². The van der Waals surface area contributed by atoms with Gasteiger partial charge in [-0.25, -0.2) is 8.42 Å². The molecule has 2 saturated heterocycles. The van der Waals surface area contributed by atoms with E-state index in [2.05, 4.69) is 4.99 Å². The summed E-state index contributed by atoms with van der Waals surface area (Å²) in [6.45, 7) is 6.49. The van der Waals surface area contributed by atoms with Crippen LogP contribution in [0.1, 0.15) is 27.2 Å². The summed E-state index contributed by atoms with van der Waals surface area (Å²) in [5.41, 5.74) is 0. The normalized spacial score (nSPS) is 32.6. The fourth-order valence-corrected chi connectivity index (χ4v) is 6.41. The number of thioether (sulfide) groups is 1. The van der Waals surface area contributed by atoms with Crippen molar-refractivity contribution in [2.75, 3.05) is 18.1 Å². The molecule has 0 saturated carbocycles. The average molecular weight is 304 g/mol. The zero-order valence-electron chi connectivity index (χ0n) is 11.5. The third-order valence-corrected chi connectivity index (χ3v) is 7.00. The summed E-state index contributed by atoms with van der Waals surface area (Å²) >= 11 is 1.45. The molecule has 2 heterocycles. The summed E-state index contributed by atoms with van der Waals surface area (Å²) in [6, 6.07) is -0.0107. The Morgan fingerprint density at radius 3 is 2.74 bits per heavy atom. The predicted molar refractivity (Wildman–Crippen MR) is 78.1 cm³/mol. The smallest absolute Gasteiger partial charge is 0.250 e. The van der Waals surface area contributed by atoms with Crippen LogP contribution in [-0.4, -0.2) is 53.7 Å². The summed E-state index contributed by atoms with van der Waals surface area (Å²) in [4.78, 5) is 18.1. The predicted octanol–water partition coefficient (Wildman–Crippen LogP) is 1.15. The third-order valence-electron chi connectivity index (χ3n) is 3.76. The van der Waals surface area contributed by atoms with Crippen LogP contribution in [0.2, 0.25) is 0 Å². The van der Waals surface area contributed by atoms with Crippen LogP contribution in [0.15, 0.2) is 4.99 Å². The molecule has 19 heavy (non-hydrogen) atoms. The molecule has 2 fully saturated rings. The van der Waals surface area contributed by atoms with Crippen LogP contribution in [0, 0.1) is 5.92 Å². The van der Waals surface area contributed by atoms with Crippen molar-refractivity contribution in [3.8, 4) is 0 Å². The van der Waals surface area contributed by atoms with Crippen molar-refractivity contribution in [2.24, 2.45) is 10.9 Å². The number of sulfone groups is 1. The van der Waals surface area contributed by atoms with Gasteiger partial charge in [-0.2, -0.15) is 4.99 Å². The molecule has 5 nitrogen and oxygen atoms in total. The first kappa shape index (κ1) is 14.8. The molecule has 0 spiro atoms. The molecule has 0 bridgehead atoms. The van der Waals surface area contributed by atoms with Gasteiger partial charge in [0, 0.05) is 17.7 Å². The minimum absolute atomic E-state index is 0.0107. The first-order chi connectivity index (χ1) is 8.88. The van der Waals surface area contributed by atoms with Gasteiger partial charge in [0.25, 0.3) is 5.91 Å². The number of amidine groups is 1. The van der Waals surface area contributed by atoms with Gasteiger partial charge in [-0.05, 0) is 13.3 Å². The highest BCUT2D eigenvalue weighted by Crippen LogP contribution is 2.37. The number of nitrogens with zero attached hydrogens (tertiary/aromatic N) is 2. The lowest BCUT2D eigenvalue weighted by atomic mass is 10.1. The lowest BCUT2D eigenvalue weighted by Crippen LogP contribution is -2.37. The molecule has 1 amide bonds. The van der Waals surface area contributed by atoms with E-state index in [0.717, 1.165) is 6.42 Å². The van der Waals surface area contributed by atoms with Gasteiger partial charge in [-0.15, -0.1) is 0 Å². The van der Waals surface area contributed by atoms with Gasteiger partial charge in [0.05, 0.1) is 17.5 Å². The van der Waals surface area contributed by atoms with Crippen LogP contribution in [-0.2, 0) is 14.6 Å². The highest BCUT2D eigenvalue weighted by atomic mass is 32.2. The molecule has 0 aromatic rings. The molecule has 0 N–H and O–H groups in total. The number of fused-ring (bicyclic) bond motifs is 1. The summed E-state index contributed by atoms with van der Waals surface area (Å²) in [5, 5.41) is 0.742. The molecule has 7 heteroatoms. The molecule has 3 atom stereocenters. The standard InChI is InChI=1S/C12H20N2O3S2/c1-4-8(3)11(15)13-12-14(5-2)9-6-19(16,17)7-10(9)18-12/h8-10H,4-7H2,1-3H3/t8-,9-,10+/m1/s1. The molecule has 108 valence electrons. The zero-order valence-corrected chi connectivity index (χ0v) is 13.1. The van der Waals surface area contributed by atoms with Crippen molar-refractivity contribution < 1.29 is 13.2 Å². The molecule has 2 rings (SSSR count). The molecule has 0 unspecified atom stereocenters. The second-order valence-electron chi connectivity index (χ2n) is 5.13. The summed E-state index contributed by atoms with van der Waals surface area (Å²) in [7, 11) is -2.92. The Kier molecular flexibility index (Phi) is 4.25. The van der Waals surface area contributed by atoms with Crippen molar-refractivity contribution in [3.63, 3.8) is 0 Å². The van der Waals surface area contributed by atoms with Gasteiger partial charge in [0.2, 0.25) is 0 Å². The van der Waals surface area contributed by atoms with E-state index in [1.54, 1.807) is 0 Å². The maximum atomic E-state index is 11.9. The van der Waals surface area contributed by atoms with Gasteiger partial charge < -0.3 is 4.90 Å². The molecular formula is C12H20N2O3S2. The maximum absolute atomic E-state index is 11.9. The summed E-state index contributed by atoms with van der Waals surface area (Å²) in [6.07, 6.45) is 0.771. The van der Waals surface area contributed by atoms with Crippen LogP contribution in [0.5, 0.6) is 0 Å². The van der Waals surface area contributed by atoms with Crippen molar-refractivity contribution in [1.29, 1.82) is 0 Å². The fourth-order valence-electron chi connectivity index (χ4n) is 2.38. The largest absolute Gasteiger partial charge is 0.346 e. The summed E-state index contributed by atoms with van der Waals surface area (Å²) in [5.74, 6) is 0.215. The van der Waals surface area contributed by atoms with Crippen LogP contribution >= 0.6 is 11.8 Å². The van der Waals surface area contributed by atoms with Gasteiger partial charge in [-0.3, -0.25) is 4.79 Å². The Bertz CT molecular complexity index is 501. The summed E-state index contributed by atoms with van der Waals surface area (Å²) < 4.78 is 23.3. The minimum atomic E-state index is -2.92. The lowest BCUT2D eigenvalue weighted by Gasteiger charge is -2.22. The number of aliphatic imine (C=N–C) groups is 1. The van der Waals surface area contributed by atoms with Gasteiger partial charge >= 0.3 is 0 Å². The molecule has 2 aliphatic rings. The van der Waals surface area contributed by atoms with Crippen LogP contribution in [0.3, 0.4) is 0 Å². The Labute approximate surface area is 118 Å². The van der Waals surface area contributed by atoms with Gasteiger partial charge in [0.15, 0.2) is 15.0 Å². The quantitative estimate of drug-likeness (QED) is 0.782. The second kappa shape index (κ2) is 5.44. The fraction of sp³-hybridized carbons (Fsp3) is 0.833. The highest BCUT2D eigenvalue weighted by Gasteiger charge is 2.48. The number of carbonyl (C=O) groups is 1. The Balaban J connectivity index is 2.18. The van der Waals surface area contributed by atoms with E-state index < -0.39 is 9.84 Å². The average Bonchev–Trinajstić information content (AvgIpc) is 2.78. The van der Waals surface area contributed by atoms with Crippen molar-refractivity contribution >= 4 is 32.7 Å². The van der Waals surface area contributed by atoms with Gasteiger partial charge in [-0.1, -0.05) is 25.6 Å². The number of rotatable bonds is 3. The highest BCUT2D eigenvalue weighted by molar-refractivity contribution is 8.15.